The van der Waals surface area contributed by atoms with Crippen LogP contribution in [0.1, 0.15) is 22.3 Å². The molecule has 2 N–H and O–H groups in total. The summed E-state index contributed by atoms with van der Waals surface area (Å²) in [7, 11) is 0. The molecule has 3 rings (SSSR count). The van der Waals surface area contributed by atoms with Crippen LogP contribution >= 0.6 is 0 Å². The highest BCUT2D eigenvalue weighted by Crippen LogP contribution is 2.21. The van der Waals surface area contributed by atoms with Crippen molar-refractivity contribution in [3.05, 3.63) is 65.7 Å². The first-order chi connectivity index (χ1) is 11.3. The van der Waals surface area contributed by atoms with Gasteiger partial charge in [-0.05, 0) is 37.1 Å². The predicted molar refractivity (Wildman–Crippen MR) is 90.3 cm³/mol. The number of hydrogen-bond acceptors (Lipinski definition) is 3. The minimum atomic E-state index is 0.0770. The van der Waals surface area contributed by atoms with Crippen LogP contribution in [0.25, 0.3) is 0 Å². The van der Waals surface area contributed by atoms with Crippen molar-refractivity contribution in [1.29, 1.82) is 0 Å². The number of ether oxygens (including phenoxy) is 1. The number of para-hydroxylation sites is 1. The van der Waals surface area contributed by atoms with Gasteiger partial charge in [0.25, 0.3) is 5.91 Å². The Kier molecular flexibility index (Phi) is 4.93. The molecule has 23 heavy (non-hydrogen) atoms. The normalized spacial score (nSPS) is 17.3. The van der Waals surface area contributed by atoms with Crippen LogP contribution in [0.2, 0.25) is 0 Å². The van der Waals surface area contributed by atoms with Crippen molar-refractivity contribution in [1.82, 2.24) is 4.90 Å². The molecule has 0 radical (unpaired) electrons. The molecular weight excluding hydrogens is 288 g/mol. The summed E-state index contributed by atoms with van der Waals surface area (Å²) in [4.78, 5) is 14.7. The maximum Gasteiger partial charge on any atom is 0.254 e. The van der Waals surface area contributed by atoms with Crippen LogP contribution in [0, 0.1) is 5.92 Å². The van der Waals surface area contributed by atoms with Crippen molar-refractivity contribution >= 4 is 5.91 Å². The Balaban J connectivity index is 1.71. The zero-order chi connectivity index (χ0) is 16.1. The summed E-state index contributed by atoms with van der Waals surface area (Å²) in [5, 5.41) is 0. The lowest BCUT2D eigenvalue weighted by atomic mass is 10.1. The quantitative estimate of drug-likeness (QED) is 0.924. The van der Waals surface area contributed by atoms with E-state index in [-0.39, 0.29) is 5.91 Å². The number of hydrogen-bond donors (Lipinski definition) is 1. The van der Waals surface area contributed by atoms with Crippen LogP contribution < -0.4 is 10.5 Å². The van der Waals surface area contributed by atoms with E-state index in [0.29, 0.717) is 19.1 Å². The third-order valence-electron chi connectivity index (χ3n) is 4.29. The van der Waals surface area contributed by atoms with Gasteiger partial charge in [0.2, 0.25) is 0 Å². The molecule has 0 aliphatic carbocycles. The monoisotopic (exact) mass is 310 g/mol. The molecular formula is C19H22N2O2. The number of likely N-dealkylation sites (tertiary alicyclic amines) is 1. The van der Waals surface area contributed by atoms with Crippen molar-refractivity contribution in [3.63, 3.8) is 0 Å². The van der Waals surface area contributed by atoms with Gasteiger partial charge in [0.15, 0.2) is 0 Å². The topological polar surface area (TPSA) is 55.6 Å². The molecule has 1 saturated heterocycles. The van der Waals surface area contributed by atoms with Crippen molar-refractivity contribution in [2.75, 3.05) is 19.6 Å². The summed E-state index contributed by atoms with van der Waals surface area (Å²) >= 11 is 0. The Labute approximate surface area is 136 Å². The van der Waals surface area contributed by atoms with Gasteiger partial charge in [-0.2, -0.15) is 0 Å². The standard InChI is InChI=1S/C19H22N2O2/c20-12-15-10-11-21(13-15)19(22)18-9-5-4-6-16(18)14-23-17-7-2-1-3-8-17/h1-9,15H,10-14,20H2. The molecule has 0 saturated carbocycles. The van der Waals surface area contributed by atoms with E-state index in [1.807, 2.05) is 59.5 Å². The van der Waals surface area contributed by atoms with Crippen molar-refractivity contribution in [3.8, 4) is 5.75 Å². The molecule has 1 fully saturated rings. The smallest absolute Gasteiger partial charge is 0.254 e. The number of benzene rings is 2. The van der Waals surface area contributed by atoms with E-state index in [2.05, 4.69) is 0 Å². The Morgan fingerprint density at radius 2 is 1.87 bits per heavy atom. The molecule has 1 aliphatic heterocycles. The van der Waals surface area contributed by atoms with Gasteiger partial charge in [-0.1, -0.05) is 36.4 Å². The highest BCUT2D eigenvalue weighted by molar-refractivity contribution is 5.95. The Morgan fingerprint density at radius 1 is 1.13 bits per heavy atom. The van der Waals surface area contributed by atoms with Crippen LogP contribution in [0.15, 0.2) is 54.6 Å². The second kappa shape index (κ2) is 7.29. The lowest BCUT2D eigenvalue weighted by Crippen LogP contribution is -2.30. The van der Waals surface area contributed by atoms with E-state index < -0.39 is 0 Å². The van der Waals surface area contributed by atoms with Gasteiger partial charge in [-0.25, -0.2) is 0 Å². The van der Waals surface area contributed by atoms with E-state index >= 15 is 0 Å². The van der Waals surface area contributed by atoms with Gasteiger partial charge in [0, 0.05) is 24.2 Å². The number of nitrogens with two attached hydrogens (primary N) is 1. The lowest BCUT2D eigenvalue weighted by Gasteiger charge is -2.18. The molecule has 4 nitrogen and oxygen atoms in total. The number of amides is 1. The third-order valence-corrected chi connectivity index (χ3v) is 4.29. The molecule has 0 spiro atoms. The summed E-state index contributed by atoms with van der Waals surface area (Å²) < 4.78 is 5.80. The summed E-state index contributed by atoms with van der Waals surface area (Å²) in [6.07, 6.45) is 0.991. The third kappa shape index (κ3) is 3.71. The van der Waals surface area contributed by atoms with E-state index in [4.69, 9.17) is 10.5 Å². The van der Waals surface area contributed by atoms with E-state index in [1.54, 1.807) is 0 Å². The molecule has 120 valence electrons. The van der Waals surface area contributed by atoms with Gasteiger partial charge >= 0.3 is 0 Å². The summed E-state index contributed by atoms with van der Waals surface area (Å²) in [6, 6.07) is 17.3. The largest absolute Gasteiger partial charge is 0.489 e. The summed E-state index contributed by atoms with van der Waals surface area (Å²) in [5.74, 6) is 1.30. The van der Waals surface area contributed by atoms with Crippen LogP contribution in [0.5, 0.6) is 5.75 Å². The van der Waals surface area contributed by atoms with Crippen LogP contribution in [-0.2, 0) is 6.61 Å². The molecule has 4 heteroatoms. The molecule has 1 heterocycles. The predicted octanol–water partition coefficient (Wildman–Crippen LogP) is 2.69. The highest BCUT2D eigenvalue weighted by atomic mass is 16.5. The second-order valence-corrected chi connectivity index (χ2v) is 5.90. The number of carbonyl (C=O) groups is 1. The minimum absolute atomic E-state index is 0.0770. The van der Waals surface area contributed by atoms with Gasteiger partial charge in [0.1, 0.15) is 12.4 Å². The first-order valence-electron chi connectivity index (χ1n) is 8.03. The molecule has 2 aromatic carbocycles. The highest BCUT2D eigenvalue weighted by Gasteiger charge is 2.27. The number of rotatable bonds is 5. The molecule has 0 bridgehead atoms. The maximum absolute atomic E-state index is 12.8. The average Bonchev–Trinajstić information content (AvgIpc) is 3.10. The van der Waals surface area contributed by atoms with E-state index in [9.17, 15) is 4.79 Å². The van der Waals surface area contributed by atoms with Gasteiger partial charge < -0.3 is 15.4 Å². The Hall–Kier alpha value is -2.33. The van der Waals surface area contributed by atoms with Crippen molar-refractivity contribution in [2.45, 2.75) is 13.0 Å². The van der Waals surface area contributed by atoms with Crippen LogP contribution in [0.4, 0.5) is 0 Å². The fraction of sp³-hybridized carbons (Fsp3) is 0.316. The van der Waals surface area contributed by atoms with Gasteiger partial charge in [-0.3, -0.25) is 4.79 Å². The van der Waals surface area contributed by atoms with Crippen molar-refractivity contribution < 1.29 is 9.53 Å². The Morgan fingerprint density at radius 3 is 2.61 bits per heavy atom. The van der Waals surface area contributed by atoms with Gasteiger partial charge in [0.05, 0.1) is 0 Å². The minimum Gasteiger partial charge on any atom is -0.489 e. The van der Waals surface area contributed by atoms with Crippen LogP contribution in [-0.4, -0.2) is 30.4 Å². The Bertz CT molecular complexity index is 657. The summed E-state index contributed by atoms with van der Waals surface area (Å²) in [6.45, 7) is 2.57. The average molecular weight is 310 g/mol. The van der Waals surface area contributed by atoms with Gasteiger partial charge in [-0.15, -0.1) is 0 Å². The van der Waals surface area contributed by atoms with Crippen molar-refractivity contribution in [2.24, 2.45) is 11.7 Å². The first kappa shape index (κ1) is 15.6. The SMILES string of the molecule is NCC1CCN(C(=O)c2ccccc2COc2ccccc2)C1. The second-order valence-electron chi connectivity index (χ2n) is 5.90. The molecule has 2 aromatic rings. The molecule has 1 aliphatic rings. The van der Waals surface area contributed by atoms with Crippen LogP contribution in [0.3, 0.4) is 0 Å². The fourth-order valence-electron chi connectivity index (χ4n) is 2.91. The molecule has 1 atom stereocenters. The first-order valence-corrected chi connectivity index (χ1v) is 8.03. The lowest BCUT2D eigenvalue weighted by molar-refractivity contribution is 0.0785. The number of nitrogens with zero attached hydrogens (tertiary/aromatic N) is 1. The summed E-state index contributed by atoms with van der Waals surface area (Å²) in [5.41, 5.74) is 7.36. The van der Waals surface area contributed by atoms with E-state index in [0.717, 1.165) is 36.4 Å². The molecule has 0 aromatic heterocycles. The molecule has 1 unspecified atom stereocenters. The maximum atomic E-state index is 12.8. The number of carbonyl (C=O) groups excluding carboxylic acids is 1. The zero-order valence-corrected chi connectivity index (χ0v) is 13.2. The molecule has 1 amide bonds. The van der Waals surface area contributed by atoms with E-state index in [1.165, 1.54) is 0 Å². The zero-order valence-electron chi connectivity index (χ0n) is 13.2. The fourth-order valence-corrected chi connectivity index (χ4v) is 2.91.